The lowest BCUT2D eigenvalue weighted by Gasteiger charge is -2.35. The summed E-state index contributed by atoms with van der Waals surface area (Å²) in [7, 11) is 1.68. The molecule has 0 radical (unpaired) electrons. The second-order valence-electron chi connectivity index (χ2n) is 7.21. The van der Waals surface area contributed by atoms with Crippen molar-refractivity contribution in [3.8, 4) is 5.75 Å². The van der Waals surface area contributed by atoms with E-state index in [4.69, 9.17) is 13.9 Å². The van der Waals surface area contributed by atoms with Gasteiger partial charge in [-0.2, -0.15) is 0 Å². The zero-order valence-electron chi connectivity index (χ0n) is 15.6. The average Bonchev–Trinajstić information content (AvgIpc) is 3.36. The van der Waals surface area contributed by atoms with Gasteiger partial charge in [0.1, 0.15) is 17.6 Å². The number of ether oxygens (including phenoxy) is 2. The summed E-state index contributed by atoms with van der Waals surface area (Å²) in [5.41, 5.74) is 1.27. The zero-order chi connectivity index (χ0) is 18.6. The van der Waals surface area contributed by atoms with Gasteiger partial charge in [-0.3, -0.25) is 9.69 Å². The Bertz CT molecular complexity index is 744. The Kier molecular flexibility index (Phi) is 5.45. The minimum absolute atomic E-state index is 0.0431. The first-order valence-corrected chi connectivity index (χ1v) is 9.55. The summed E-state index contributed by atoms with van der Waals surface area (Å²) in [6.45, 7) is 2.31. The van der Waals surface area contributed by atoms with E-state index >= 15 is 0 Å². The van der Waals surface area contributed by atoms with Crippen molar-refractivity contribution in [1.82, 2.24) is 10.2 Å². The van der Waals surface area contributed by atoms with E-state index < -0.39 is 0 Å². The van der Waals surface area contributed by atoms with Crippen molar-refractivity contribution in [1.29, 1.82) is 0 Å². The quantitative estimate of drug-likeness (QED) is 0.847. The molecule has 2 saturated heterocycles. The minimum atomic E-state index is -0.359. The van der Waals surface area contributed by atoms with Crippen LogP contribution in [0.25, 0.3) is 0 Å². The number of carbonyl (C=O) groups excluding carboxylic acids is 1. The molecule has 0 aliphatic carbocycles. The number of rotatable bonds is 6. The number of amides is 1. The molecule has 2 aliphatic rings. The third kappa shape index (κ3) is 4.17. The first-order valence-electron chi connectivity index (χ1n) is 9.55. The minimum Gasteiger partial charge on any atom is -0.497 e. The molecule has 1 N–H and O–H groups in total. The molecule has 0 bridgehead atoms. The van der Waals surface area contributed by atoms with Crippen LogP contribution in [-0.2, 0) is 22.6 Å². The molecule has 1 aromatic carbocycles. The maximum atomic E-state index is 12.4. The summed E-state index contributed by atoms with van der Waals surface area (Å²) < 4.78 is 16.6. The normalized spacial score (nSPS) is 25.1. The third-order valence-corrected chi connectivity index (χ3v) is 5.52. The van der Waals surface area contributed by atoms with Crippen LogP contribution < -0.4 is 10.1 Å². The van der Waals surface area contributed by atoms with Crippen LogP contribution in [0.5, 0.6) is 5.75 Å². The predicted molar refractivity (Wildman–Crippen MR) is 100 cm³/mol. The Labute approximate surface area is 159 Å². The number of nitrogens with zero attached hydrogens (tertiary/aromatic N) is 1. The van der Waals surface area contributed by atoms with Crippen LogP contribution in [0.4, 0.5) is 0 Å². The molecular weight excluding hydrogens is 344 g/mol. The second-order valence-corrected chi connectivity index (χ2v) is 7.21. The monoisotopic (exact) mass is 370 g/mol. The zero-order valence-corrected chi connectivity index (χ0v) is 15.6. The van der Waals surface area contributed by atoms with E-state index in [1.54, 1.807) is 13.4 Å². The molecule has 0 spiro atoms. The van der Waals surface area contributed by atoms with Gasteiger partial charge >= 0.3 is 0 Å². The maximum Gasteiger partial charge on any atom is 0.249 e. The van der Waals surface area contributed by atoms with Gasteiger partial charge in [0, 0.05) is 19.1 Å². The Hall–Kier alpha value is -2.31. The number of hydrogen-bond acceptors (Lipinski definition) is 5. The molecule has 1 amide bonds. The van der Waals surface area contributed by atoms with Crippen molar-refractivity contribution in [2.24, 2.45) is 0 Å². The molecule has 6 nitrogen and oxygen atoms in total. The Morgan fingerprint density at radius 1 is 1.22 bits per heavy atom. The summed E-state index contributed by atoms with van der Waals surface area (Å²) in [5, 5.41) is 2.91. The van der Waals surface area contributed by atoms with Crippen molar-refractivity contribution >= 4 is 5.91 Å². The van der Waals surface area contributed by atoms with Crippen LogP contribution in [0.1, 0.15) is 30.6 Å². The number of methoxy groups -OCH3 is 1. The number of fused-ring (bicyclic) bond motifs is 1. The molecular formula is C21H26N2O4. The molecule has 2 fully saturated rings. The Morgan fingerprint density at radius 3 is 2.81 bits per heavy atom. The molecule has 144 valence electrons. The highest BCUT2D eigenvalue weighted by atomic mass is 16.5. The predicted octanol–water partition coefficient (Wildman–Crippen LogP) is 2.73. The topological polar surface area (TPSA) is 63.9 Å². The molecule has 2 aromatic rings. The van der Waals surface area contributed by atoms with Crippen molar-refractivity contribution in [3.63, 3.8) is 0 Å². The summed E-state index contributed by atoms with van der Waals surface area (Å²) in [4.78, 5) is 14.9. The number of hydrogen-bond donors (Lipinski definition) is 1. The highest BCUT2D eigenvalue weighted by Gasteiger charge is 2.41. The molecule has 0 unspecified atom stereocenters. The van der Waals surface area contributed by atoms with Gasteiger partial charge in [0.05, 0.1) is 26.0 Å². The largest absolute Gasteiger partial charge is 0.497 e. The van der Waals surface area contributed by atoms with Gasteiger partial charge in [0.25, 0.3) is 0 Å². The third-order valence-electron chi connectivity index (χ3n) is 5.52. The van der Waals surface area contributed by atoms with Crippen LogP contribution in [-0.4, -0.2) is 42.7 Å². The number of likely N-dealkylation sites (tertiary alicyclic amines) is 1. The fraction of sp³-hybridized carbons (Fsp3) is 0.476. The van der Waals surface area contributed by atoms with E-state index in [1.165, 1.54) is 5.56 Å². The van der Waals surface area contributed by atoms with E-state index in [-0.39, 0.29) is 18.1 Å². The highest BCUT2D eigenvalue weighted by molar-refractivity contribution is 5.80. The van der Waals surface area contributed by atoms with Gasteiger partial charge in [-0.1, -0.05) is 12.1 Å². The van der Waals surface area contributed by atoms with Gasteiger partial charge in [-0.25, -0.2) is 0 Å². The summed E-state index contributed by atoms with van der Waals surface area (Å²) in [6.07, 6.45) is 4.10. The Morgan fingerprint density at radius 2 is 2.07 bits per heavy atom. The van der Waals surface area contributed by atoms with E-state index in [9.17, 15) is 4.79 Å². The number of furan rings is 1. The lowest BCUT2D eigenvalue weighted by Crippen LogP contribution is -2.47. The maximum absolute atomic E-state index is 12.4. The van der Waals surface area contributed by atoms with Crippen LogP contribution in [0.15, 0.2) is 47.1 Å². The molecule has 4 rings (SSSR count). The van der Waals surface area contributed by atoms with Crippen molar-refractivity contribution in [2.75, 3.05) is 13.7 Å². The first-order chi connectivity index (χ1) is 13.2. The van der Waals surface area contributed by atoms with Gasteiger partial charge in [0.15, 0.2) is 0 Å². The van der Waals surface area contributed by atoms with Crippen LogP contribution >= 0.6 is 0 Å². The van der Waals surface area contributed by atoms with E-state index in [0.29, 0.717) is 12.6 Å². The molecule has 0 saturated carbocycles. The lowest BCUT2D eigenvalue weighted by molar-refractivity contribution is -0.144. The van der Waals surface area contributed by atoms with Crippen LogP contribution in [0.3, 0.4) is 0 Å². The molecule has 3 heterocycles. The van der Waals surface area contributed by atoms with E-state index in [1.807, 2.05) is 24.3 Å². The second kappa shape index (κ2) is 8.15. The molecule has 1 aromatic heterocycles. The van der Waals surface area contributed by atoms with Gasteiger partial charge in [0.2, 0.25) is 5.91 Å². The molecule has 3 atom stereocenters. The Balaban J connectivity index is 1.29. The van der Waals surface area contributed by atoms with Crippen molar-refractivity contribution < 1.29 is 18.7 Å². The first kappa shape index (κ1) is 18.1. The van der Waals surface area contributed by atoms with Crippen LogP contribution in [0.2, 0.25) is 0 Å². The molecule has 2 aliphatic heterocycles. The van der Waals surface area contributed by atoms with Gasteiger partial charge < -0.3 is 19.2 Å². The van der Waals surface area contributed by atoms with Gasteiger partial charge in [-0.15, -0.1) is 0 Å². The summed E-state index contributed by atoms with van der Waals surface area (Å²) >= 11 is 0. The number of nitrogens with one attached hydrogen (secondary N) is 1. The summed E-state index contributed by atoms with van der Waals surface area (Å²) in [6, 6.07) is 12.3. The van der Waals surface area contributed by atoms with Crippen molar-refractivity contribution in [2.45, 2.75) is 50.6 Å². The van der Waals surface area contributed by atoms with E-state index in [2.05, 4.69) is 22.3 Å². The highest BCUT2D eigenvalue weighted by Crippen LogP contribution is 2.32. The fourth-order valence-corrected chi connectivity index (χ4v) is 4.07. The summed E-state index contributed by atoms with van der Waals surface area (Å²) in [5.74, 6) is 1.59. The fourth-order valence-electron chi connectivity index (χ4n) is 4.07. The van der Waals surface area contributed by atoms with Crippen LogP contribution in [0, 0.1) is 0 Å². The standard InChI is InChI=1S/C21H26N2O4/c1-25-16-6-4-15(5-7-16)14-23-11-10-19-18(23)8-9-20(27-19)21(24)22-13-17-3-2-12-26-17/h2-7,12,18-20H,8-11,13-14H2,1H3,(H,22,24)/t18-,19-,20+/m1/s1. The number of benzene rings is 1. The SMILES string of the molecule is COc1ccc(CN2CC[C@H]3O[C@H](C(=O)NCc4ccco4)CC[C@H]32)cc1. The van der Waals surface area contributed by atoms with Gasteiger partial charge in [-0.05, 0) is 49.1 Å². The number of carbonyl (C=O) groups is 1. The smallest absolute Gasteiger partial charge is 0.249 e. The van der Waals surface area contributed by atoms with Crippen molar-refractivity contribution in [3.05, 3.63) is 54.0 Å². The molecule has 6 heteroatoms. The average molecular weight is 370 g/mol. The molecule has 27 heavy (non-hydrogen) atoms. The lowest BCUT2D eigenvalue weighted by atomic mass is 9.98. The van der Waals surface area contributed by atoms with E-state index in [0.717, 1.165) is 43.9 Å².